The second-order valence-corrected chi connectivity index (χ2v) is 5.44. The third-order valence-corrected chi connectivity index (χ3v) is 3.69. The van der Waals surface area contributed by atoms with Crippen LogP contribution in [0.1, 0.15) is 0 Å². The van der Waals surface area contributed by atoms with Crippen molar-refractivity contribution in [1.29, 1.82) is 0 Å². The van der Waals surface area contributed by atoms with Gasteiger partial charge in [-0.2, -0.15) is 0 Å². The first-order chi connectivity index (χ1) is 12.1. The number of hydrogen-bond acceptors (Lipinski definition) is 4. The largest absolute Gasteiger partial charge is 0.369 e. The van der Waals surface area contributed by atoms with Gasteiger partial charge in [0.15, 0.2) is 5.95 Å². The van der Waals surface area contributed by atoms with E-state index in [0.29, 0.717) is 17.2 Å². The van der Waals surface area contributed by atoms with Crippen LogP contribution in [0, 0.1) is 11.6 Å². The third-order valence-electron chi connectivity index (χ3n) is 3.69. The smallest absolute Gasteiger partial charge is 0.197 e. The van der Waals surface area contributed by atoms with Gasteiger partial charge in [0.1, 0.15) is 17.3 Å². The number of nitrogen functional groups attached to an aromatic ring is 1. The molecule has 2 aromatic carbocycles. The van der Waals surface area contributed by atoms with E-state index >= 15 is 0 Å². The van der Waals surface area contributed by atoms with E-state index in [1.807, 2.05) is 24.3 Å². The Bertz CT molecular complexity index is 1020. The van der Waals surface area contributed by atoms with Crippen molar-refractivity contribution in [2.24, 2.45) is 0 Å². The summed E-state index contributed by atoms with van der Waals surface area (Å²) in [5.41, 5.74) is 8.76. The molecule has 0 saturated carbocycles. The number of imidazole rings is 1. The van der Waals surface area contributed by atoms with Gasteiger partial charge >= 0.3 is 0 Å². The molecule has 0 radical (unpaired) electrons. The monoisotopic (exact) mass is 374 g/mol. The van der Waals surface area contributed by atoms with E-state index < -0.39 is 11.6 Å². The molecule has 0 bridgehead atoms. The lowest BCUT2D eigenvalue weighted by Crippen LogP contribution is -1.94. The average molecular weight is 375 g/mol. The Balaban J connectivity index is 0.00000196. The summed E-state index contributed by atoms with van der Waals surface area (Å²) in [4.78, 5) is 6.91. The molecule has 0 aliphatic carbocycles. The molecule has 3 N–H and O–H groups in total. The van der Waals surface area contributed by atoms with Gasteiger partial charge < -0.3 is 10.7 Å². The second-order valence-electron chi connectivity index (χ2n) is 5.44. The summed E-state index contributed by atoms with van der Waals surface area (Å²) >= 11 is 0. The molecule has 6 nitrogen and oxygen atoms in total. The summed E-state index contributed by atoms with van der Waals surface area (Å²) in [5, 5.41) is 7.99. The van der Waals surface area contributed by atoms with Crippen LogP contribution in [0.15, 0.2) is 54.9 Å². The fraction of sp³-hybridized carbons (Fsp3) is 0. The molecular weight excluding hydrogens is 362 g/mol. The Kier molecular flexibility index (Phi) is 4.68. The number of hydrogen-bond donors (Lipinski definition) is 2. The molecule has 0 fully saturated rings. The summed E-state index contributed by atoms with van der Waals surface area (Å²) in [5.74, 6) is -0.970. The van der Waals surface area contributed by atoms with Gasteiger partial charge in [0.25, 0.3) is 0 Å². The van der Waals surface area contributed by atoms with Crippen molar-refractivity contribution < 1.29 is 8.78 Å². The molecule has 0 aliphatic heterocycles. The first-order valence-corrected chi connectivity index (χ1v) is 7.38. The van der Waals surface area contributed by atoms with E-state index in [4.69, 9.17) is 5.73 Å². The maximum atomic E-state index is 13.3. The van der Waals surface area contributed by atoms with Crippen LogP contribution in [0.4, 0.5) is 14.7 Å². The lowest BCUT2D eigenvalue weighted by atomic mass is 10.1. The van der Waals surface area contributed by atoms with Gasteiger partial charge in [-0.05, 0) is 29.8 Å². The molecule has 4 aromatic rings. The molecule has 4 rings (SSSR count). The fourth-order valence-electron chi connectivity index (χ4n) is 2.50. The molecular formula is C17H13ClF2N6. The van der Waals surface area contributed by atoms with Crippen molar-refractivity contribution in [2.75, 3.05) is 5.73 Å². The van der Waals surface area contributed by atoms with E-state index in [-0.39, 0.29) is 12.4 Å². The van der Waals surface area contributed by atoms with E-state index in [1.54, 1.807) is 12.4 Å². The number of aromatic nitrogens is 5. The van der Waals surface area contributed by atoms with Crippen molar-refractivity contribution >= 4 is 18.4 Å². The van der Waals surface area contributed by atoms with Gasteiger partial charge in [0, 0.05) is 11.6 Å². The summed E-state index contributed by atoms with van der Waals surface area (Å²) in [6, 6.07) is 10.7. The van der Waals surface area contributed by atoms with E-state index in [2.05, 4.69) is 20.3 Å². The first-order valence-electron chi connectivity index (χ1n) is 7.38. The van der Waals surface area contributed by atoms with Gasteiger partial charge in [0.2, 0.25) is 0 Å². The summed E-state index contributed by atoms with van der Waals surface area (Å²) in [6.45, 7) is 0. The van der Waals surface area contributed by atoms with Crippen LogP contribution in [0.25, 0.3) is 28.2 Å². The standard InChI is InChI=1S/C17H12F2N6.ClH/c18-12-5-11(6-13(19)7-12)16-9-25(24-23-16)14-3-1-10(2-4-14)15-8-21-17(20)22-15;/h1-9H,(H3,20,21,22);1H. The molecule has 132 valence electrons. The van der Waals surface area contributed by atoms with E-state index in [1.165, 1.54) is 16.8 Å². The highest BCUT2D eigenvalue weighted by atomic mass is 35.5. The Morgan fingerprint density at radius 3 is 2.27 bits per heavy atom. The van der Waals surface area contributed by atoms with Crippen molar-refractivity contribution in [3.8, 4) is 28.2 Å². The highest BCUT2D eigenvalue weighted by molar-refractivity contribution is 5.85. The number of anilines is 1. The predicted molar refractivity (Wildman–Crippen MR) is 96.0 cm³/mol. The molecule has 0 amide bonds. The van der Waals surface area contributed by atoms with Crippen LogP contribution in [-0.2, 0) is 0 Å². The molecule has 2 heterocycles. The molecule has 2 aromatic heterocycles. The lowest BCUT2D eigenvalue weighted by molar-refractivity contribution is 0.584. The van der Waals surface area contributed by atoms with Crippen LogP contribution in [0.5, 0.6) is 0 Å². The maximum absolute atomic E-state index is 13.3. The van der Waals surface area contributed by atoms with Crippen molar-refractivity contribution in [2.45, 2.75) is 0 Å². The minimum atomic E-state index is -0.660. The minimum Gasteiger partial charge on any atom is -0.369 e. The highest BCUT2D eigenvalue weighted by Gasteiger charge is 2.09. The van der Waals surface area contributed by atoms with Crippen molar-refractivity contribution in [1.82, 2.24) is 25.0 Å². The minimum absolute atomic E-state index is 0. The molecule has 9 heteroatoms. The van der Waals surface area contributed by atoms with Gasteiger partial charge in [0.05, 0.1) is 23.8 Å². The number of H-pyrrole nitrogens is 1. The van der Waals surface area contributed by atoms with Crippen LogP contribution in [-0.4, -0.2) is 25.0 Å². The normalized spacial score (nSPS) is 10.5. The van der Waals surface area contributed by atoms with Crippen molar-refractivity contribution in [3.63, 3.8) is 0 Å². The number of halogens is 3. The topological polar surface area (TPSA) is 85.4 Å². The number of aromatic amines is 1. The average Bonchev–Trinajstić information content (AvgIpc) is 3.23. The Labute approximate surface area is 153 Å². The van der Waals surface area contributed by atoms with Crippen LogP contribution in [0.2, 0.25) is 0 Å². The summed E-state index contributed by atoms with van der Waals surface area (Å²) in [7, 11) is 0. The predicted octanol–water partition coefficient (Wildman–Crippen LogP) is 3.61. The molecule has 0 saturated heterocycles. The third kappa shape index (κ3) is 3.40. The highest BCUT2D eigenvalue weighted by Crippen LogP contribution is 2.22. The van der Waals surface area contributed by atoms with E-state index in [0.717, 1.165) is 23.0 Å². The number of nitrogens with one attached hydrogen (secondary N) is 1. The Morgan fingerprint density at radius 2 is 1.65 bits per heavy atom. The summed E-state index contributed by atoms with van der Waals surface area (Å²) in [6.07, 6.45) is 3.26. The lowest BCUT2D eigenvalue weighted by Gasteiger charge is -2.02. The zero-order valence-corrected chi connectivity index (χ0v) is 14.0. The second kappa shape index (κ2) is 6.93. The van der Waals surface area contributed by atoms with Crippen LogP contribution in [0.3, 0.4) is 0 Å². The van der Waals surface area contributed by atoms with Gasteiger partial charge in [-0.1, -0.05) is 17.3 Å². The number of benzene rings is 2. The zero-order chi connectivity index (χ0) is 17.4. The van der Waals surface area contributed by atoms with Gasteiger partial charge in [-0.15, -0.1) is 17.5 Å². The van der Waals surface area contributed by atoms with Gasteiger partial charge in [-0.3, -0.25) is 0 Å². The maximum Gasteiger partial charge on any atom is 0.197 e. The fourth-order valence-corrected chi connectivity index (χ4v) is 2.50. The van der Waals surface area contributed by atoms with Gasteiger partial charge in [-0.25, -0.2) is 18.4 Å². The molecule has 0 spiro atoms. The SMILES string of the molecule is Cl.Nc1ncc(-c2ccc(-n3cc(-c4cc(F)cc(F)c4)nn3)cc2)[nH]1. The Hall–Kier alpha value is -3.26. The number of nitrogens with zero attached hydrogens (tertiary/aromatic N) is 4. The Morgan fingerprint density at radius 1 is 0.962 bits per heavy atom. The van der Waals surface area contributed by atoms with Crippen LogP contribution >= 0.6 is 12.4 Å². The van der Waals surface area contributed by atoms with Crippen LogP contribution < -0.4 is 5.73 Å². The molecule has 26 heavy (non-hydrogen) atoms. The molecule has 0 aliphatic rings. The summed E-state index contributed by atoms with van der Waals surface area (Å²) < 4.78 is 28.2. The number of rotatable bonds is 3. The number of nitrogens with two attached hydrogens (primary N) is 1. The van der Waals surface area contributed by atoms with E-state index in [9.17, 15) is 8.78 Å². The molecule has 0 unspecified atom stereocenters. The molecule has 0 atom stereocenters. The van der Waals surface area contributed by atoms with Crippen molar-refractivity contribution in [3.05, 3.63) is 66.5 Å². The zero-order valence-electron chi connectivity index (χ0n) is 13.2. The quantitative estimate of drug-likeness (QED) is 0.573. The first kappa shape index (κ1) is 17.6.